The molecule has 0 amide bonds. The summed E-state index contributed by atoms with van der Waals surface area (Å²) in [6.07, 6.45) is 10.4. The molecule has 0 bridgehead atoms. The van der Waals surface area contributed by atoms with Crippen molar-refractivity contribution in [2.24, 2.45) is 0 Å². The van der Waals surface area contributed by atoms with Crippen LogP contribution < -0.4 is 0 Å². The highest BCUT2D eigenvalue weighted by Crippen LogP contribution is 2.38. The van der Waals surface area contributed by atoms with E-state index in [4.69, 9.17) is 4.98 Å². The van der Waals surface area contributed by atoms with Crippen LogP contribution in [0.2, 0.25) is 0 Å². The zero-order valence-corrected chi connectivity index (χ0v) is 16.9. The summed E-state index contributed by atoms with van der Waals surface area (Å²) in [5, 5.41) is 20.4. The van der Waals surface area contributed by atoms with Crippen LogP contribution in [0.3, 0.4) is 0 Å². The number of fused-ring (bicyclic) bond motifs is 2. The number of para-hydroxylation sites is 2. The maximum atomic E-state index is 10.2. The van der Waals surface area contributed by atoms with E-state index in [-0.39, 0.29) is 0 Å². The Labute approximate surface area is 177 Å². The molecule has 150 valence electrons. The number of hydrogen-bond donors (Lipinski definition) is 2. The zero-order valence-electron chi connectivity index (χ0n) is 16.9. The van der Waals surface area contributed by atoms with Crippen LogP contribution in [0.15, 0.2) is 54.6 Å². The number of phenolic OH excluding ortho intramolecular Hbond substituents is 2. The second kappa shape index (κ2) is 7.83. The second-order valence-corrected chi connectivity index (χ2v) is 8.17. The monoisotopic (exact) mass is 395 g/mol. The Kier molecular flexibility index (Phi) is 4.88. The third-order valence-corrected chi connectivity index (χ3v) is 6.11. The number of rotatable bonds is 2. The maximum Gasteiger partial charge on any atom is 0.122 e. The van der Waals surface area contributed by atoms with Gasteiger partial charge < -0.3 is 10.2 Å². The van der Waals surface area contributed by atoms with Gasteiger partial charge in [0.1, 0.15) is 11.5 Å². The minimum Gasteiger partial charge on any atom is -0.507 e. The molecule has 0 unspecified atom stereocenters. The molecule has 1 aromatic heterocycles. The average Bonchev–Trinajstić information content (AvgIpc) is 2.76. The molecule has 0 aliphatic heterocycles. The molecule has 2 N–H and O–H groups in total. The van der Waals surface area contributed by atoms with Gasteiger partial charge in [0.05, 0.1) is 11.4 Å². The zero-order chi connectivity index (χ0) is 20.5. The fourth-order valence-electron chi connectivity index (χ4n) is 4.59. The van der Waals surface area contributed by atoms with Crippen LogP contribution >= 0.6 is 0 Å². The number of aryl methyl sites for hydroxylation is 2. The smallest absolute Gasteiger partial charge is 0.122 e. The molecule has 0 spiro atoms. The van der Waals surface area contributed by atoms with Gasteiger partial charge in [-0.05, 0) is 85.1 Å². The van der Waals surface area contributed by atoms with Crippen molar-refractivity contribution in [2.75, 3.05) is 0 Å². The number of hydrogen-bond acceptors (Lipinski definition) is 3. The summed E-state index contributed by atoms with van der Waals surface area (Å²) in [5.41, 5.74) is 8.80. The Morgan fingerprint density at radius 2 is 1.10 bits per heavy atom. The lowest BCUT2D eigenvalue weighted by atomic mass is 9.84. The van der Waals surface area contributed by atoms with Crippen LogP contribution in [0.1, 0.15) is 59.3 Å². The molecule has 3 nitrogen and oxygen atoms in total. The maximum absolute atomic E-state index is 10.2. The second-order valence-electron chi connectivity index (χ2n) is 8.17. The highest BCUT2D eigenvalue weighted by Gasteiger charge is 2.23. The molecule has 2 aliphatic carbocycles. The molecule has 3 aromatic rings. The van der Waals surface area contributed by atoms with E-state index in [1.807, 2.05) is 36.4 Å². The number of pyridine rings is 1. The van der Waals surface area contributed by atoms with Crippen molar-refractivity contribution >= 4 is 23.3 Å². The van der Waals surface area contributed by atoms with E-state index >= 15 is 0 Å². The highest BCUT2D eigenvalue weighted by atomic mass is 16.3. The Balaban J connectivity index is 1.62. The molecular weight excluding hydrogens is 370 g/mol. The molecule has 0 saturated carbocycles. The van der Waals surface area contributed by atoms with Gasteiger partial charge in [0.2, 0.25) is 0 Å². The summed E-state index contributed by atoms with van der Waals surface area (Å²) in [6.45, 7) is 0. The van der Waals surface area contributed by atoms with Gasteiger partial charge in [-0.1, -0.05) is 42.5 Å². The Hall–Kier alpha value is -3.33. The number of benzene rings is 2. The Bertz CT molecular complexity index is 1080. The van der Waals surface area contributed by atoms with Crippen molar-refractivity contribution < 1.29 is 10.2 Å². The lowest BCUT2D eigenvalue weighted by Gasteiger charge is -2.25. The predicted octanol–water partition coefficient (Wildman–Crippen LogP) is 6.25. The molecule has 3 heteroatoms. The summed E-state index contributed by atoms with van der Waals surface area (Å²) in [6, 6.07) is 17.3. The topological polar surface area (TPSA) is 53.4 Å². The van der Waals surface area contributed by atoms with Crippen LogP contribution in [0.4, 0.5) is 0 Å². The lowest BCUT2D eigenvalue weighted by molar-refractivity contribution is 0.473. The number of aromatic hydroxyl groups is 2. The molecule has 2 aromatic carbocycles. The van der Waals surface area contributed by atoms with Crippen molar-refractivity contribution in [3.05, 3.63) is 88.2 Å². The third kappa shape index (κ3) is 3.52. The Morgan fingerprint density at radius 1 is 0.633 bits per heavy atom. The molecule has 0 saturated heterocycles. The molecule has 1 heterocycles. The van der Waals surface area contributed by atoms with Crippen molar-refractivity contribution in [1.82, 2.24) is 4.98 Å². The number of allylic oxidation sites excluding steroid dienone is 2. The third-order valence-electron chi connectivity index (χ3n) is 6.11. The molecule has 5 rings (SSSR count). The van der Waals surface area contributed by atoms with E-state index in [0.717, 1.165) is 61.0 Å². The van der Waals surface area contributed by atoms with Gasteiger partial charge in [-0.25, -0.2) is 4.98 Å². The van der Waals surface area contributed by atoms with Gasteiger partial charge in [-0.3, -0.25) is 0 Å². The number of nitrogens with zero attached hydrogens (tertiary/aromatic N) is 1. The minimum atomic E-state index is 0.301. The fourth-order valence-corrected chi connectivity index (χ4v) is 4.59. The van der Waals surface area contributed by atoms with E-state index in [2.05, 4.69) is 18.2 Å². The Morgan fingerprint density at radius 3 is 1.57 bits per heavy atom. The van der Waals surface area contributed by atoms with Crippen molar-refractivity contribution in [3.8, 4) is 11.5 Å². The molecule has 2 aliphatic rings. The number of phenols is 2. The van der Waals surface area contributed by atoms with Gasteiger partial charge in [0, 0.05) is 11.1 Å². The van der Waals surface area contributed by atoms with Gasteiger partial charge in [-0.2, -0.15) is 0 Å². The number of aromatic nitrogens is 1. The van der Waals surface area contributed by atoms with Crippen molar-refractivity contribution in [2.45, 2.75) is 38.5 Å². The highest BCUT2D eigenvalue weighted by molar-refractivity contribution is 5.87. The van der Waals surface area contributed by atoms with Crippen molar-refractivity contribution in [1.29, 1.82) is 0 Å². The largest absolute Gasteiger partial charge is 0.507 e. The predicted molar refractivity (Wildman–Crippen MR) is 122 cm³/mol. The summed E-state index contributed by atoms with van der Waals surface area (Å²) >= 11 is 0. The van der Waals surface area contributed by atoms with E-state index in [1.54, 1.807) is 12.1 Å². The molecular formula is C27H25NO2. The summed E-state index contributed by atoms with van der Waals surface area (Å²) in [5.74, 6) is 0.602. The fraction of sp³-hybridized carbons (Fsp3) is 0.222. The lowest BCUT2D eigenvalue weighted by Crippen LogP contribution is -2.12. The van der Waals surface area contributed by atoms with Gasteiger partial charge in [-0.15, -0.1) is 0 Å². The first kappa shape index (κ1) is 18.7. The first-order chi connectivity index (χ1) is 14.7. The van der Waals surface area contributed by atoms with Crippen LogP contribution in [-0.4, -0.2) is 15.2 Å². The average molecular weight is 396 g/mol. The van der Waals surface area contributed by atoms with E-state index < -0.39 is 0 Å². The van der Waals surface area contributed by atoms with Gasteiger partial charge in [0.15, 0.2) is 0 Å². The first-order valence-corrected chi connectivity index (χ1v) is 10.7. The van der Waals surface area contributed by atoms with Crippen LogP contribution in [0, 0.1) is 0 Å². The van der Waals surface area contributed by atoms with Gasteiger partial charge in [0.25, 0.3) is 0 Å². The quantitative estimate of drug-likeness (QED) is 0.539. The van der Waals surface area contributed by atoms with E-state index in [9.17, 15) is 10.2 Å². The molecule has 30 heavy (non-hydrogen) atoms. The van der Waals surface area contributed by atoms with Crippen molar-refractivity contribution in [3.63, 3.8) is 0 Å². The summed E-state index contributed by atoms with van der Waals surface area (Å²) < 4.78 is 0. The first-order valence-electron chi connectivity index (χ1n) is 10.7. The van der Waals surface area contributed by atoms with Crippen LogP contribution in [0.25, 0.3) is 23.3 Å². The molecule has 0 atom stereocenters. The standard InChI is InChI=1S/C27H25NO2/c29-24-13-3-1-7-18(24)15-20-9-5-11-22-17-23-12-6-10-21(27(23)28-26(20)22)16-19-8-2-4-14-25(19)30/h1-4,7-8,13-17,29-30H,5-6,9-12H2/b20-15-,21-16+. The van der Waals surface area contributed by atoms with Crippen LogP contribution in [-0.2, 0) is 12.8 Å². The molecule has 0 fully saturated rings. The normalized spacial score (nSPS) is 18.3. The summed E-state index contributed by atoms with van der Waals surface area (Å²) in [4.78, 5) is 5.17. The molecule has 0 radical (unpaired) electrons. The van der Waals surface area contributed by atoms with Crippen LogP contribution in [0.5, 0.6) is 11.5 Å². The van der Waals surface area contributed by atoms with Gasteiger partial charge >= 0.3 is 0 Å². The minimum absolute atomic E-state index is 0.301. The SMILES string of the molecule is Oc1ccccc1/C=C1/CCCc2cc3c(nc21)/C(=C/c1ccccc1O)CCC3. The van der Waals surface area contributed by atoms with E-state index in [1.165, 1.54) is 22.3 Å². The summed E-state index contributed by atoms with van der Waals surface area (Å²) in [7, 11) is 0. The van der Waals surface area contributed by atoms with E-state index in [0.29, 0.717) is 11.5 Å².